The van der Waals surface area contributed by atoms with Crippen LogP contribution in [0.25, 0.3) is 0 Å². The number of hydrogen-bond acceptors (Lipinski definition) is 5. The maximum absolute atomic E-state index is 12.1. The Morgan fingerprint density at radius 3 is 2.74 bits per heavy atom. The summed E-state index contributed by atoms with van der Waals surface area (Å²) in [6, 6.07) is 9.89. The maximum atomic E-state index is 12.1. The topological polar surface area (TPSA) is 92.8 Å². The van der Waals surface area contributed by atoms with Crippen LogP contribution in [-0.2, 0) is 15.6 Å². The van der Waals surface area contributed by atoms with Crippen molar-refractivity contribution in [1.82, 2.24) is 0 Å². The highest BCUT2D eigenvalue weighted by Gasteiger charge is 2.16. The van der Waals surface area contributed by atoms with Crippen LogP contribution in [0.5, 0.6) is 0 Å². The number of thiophene rings is 1. The summed E-state index contributed by atoms with van der Waals surface area (Å²) in [5, 5.41) is 13.2. The van der Waals surface area contributed by atoms with Gasteiger partial charge < -0.3 is 10.9 Å². The van der Waals surface area contributed by atoms with Crippen molar-refractivity contribution in [3.8, 4) is 0 Å². The van der Waals surface area contributed by atoms with E-state index in [4.69, 9.17) is 10.9 Å². The average molecular weight is 296 g/mol. The molecule has 0 radical (unpaired) electrons. The second kappa shape index (κ2) is 5.41. The van der Waals surface area contributed by atoms with Crippen molar-refractivity contribution in [2.75, 3.05) is 0 Å². The van der Waals surface area contributed by atoms with E-state index in [2.05, 4.69) is 5.16 Å². The molecule has 1 heterocycles. The molecule has 0 fully saturated rings. The lowest BCUT2D eigenvalue weighted by Gasteiger charge is -2.04. The van der Waals surface area contributed by atoms with Gasteiger partial charge in [0, 0.05) is 5.56 Å². The number of sulfone groups is 1. The highest BCUT2D eigenvalue weighted by Crippen LogP contribution is 2.21. The van der Waals surface area contributed by atoms with E-state index in [0.717, 1.165) is 0 Å². The number of benzene rings is 1. The van der Waals surface area contributed by atoms with E-state index < -0.39 is 9.84 Å². The Balaban J connectivity index is 2.30. The van der Waals surface area contributed by atoms with Crippen molar-refractivity contribution in [1.29, 1.82) is 0 Å². The lowest BCUT2D eigenvalue weighted by atomic mass is 10.1. The molecule has 7 heteroatoms. The summed E-state index contributed by atoms with van der Waals surface area (Å²) in [5.74, 6) is -0.157. The molecule has 0 unspecified atom stereocenters. The number of nitrogens with zero attached hydrogens (tertiary/aromatic N) is 1. The number of amidine groups is 1. The maximum Gasteiger partial charge on any atom is 0.191 e. The van der Waals surface area contributed by atoms with Crippen LogP contribution in [-0.4, -0.2) is 19.5 Å². The van der Waals surface area contributed by atoms with E-state index in [9.17, 15) is 8.42 Å². The van der Waals surface area contributed by atoms with Gasteiger partial charge in [-0.25, -0.2) is 8.42 Å². The Labute approximate surface area is 114 Å². The molecule has 100 valence electrons. The van der Waals surface area contributed by atoms with Gasteiger partial charge in [-0.15, -0.1) is 11.3 Å². The smallest absolute Gasteiger partial charge is 0.191 e. The van der Waals surface area contributed by atoms with E-state index in [1.54, 1.807) is 41.8 Å². The first-order valence-corrected chi connectivity index (χ1v) is 7.89. The zero-order valence-electron chi connectivity index (χ0n) is 9.85. The minimum atomic E-state index is -3.34. The van der Waals surface area contributed by atoms with E-state index in [0.29, 0.717) is 15.3 Å². The molecular weight excluding hydrogens is 284 g/mol. The van der Waals surface area contributed by atoms with Gasteiger partial charge in [-0.05, 0) is 23.1 Å². The van der Waals surface area contributed by atoms with Crippen LogP contribution in [0.4, 0.5) is 0 Å². The molecule has 0 aliphatic heterocycles. The molecule has 0 saturated carbocycles. The number of hydrogen-bond donors (Lipinski definition) is 2. The van der Waals surface area contributed by atoms with Gasteiger partial charge in [0.1, 0.15) is 4.21 Å². The summed E-state index contributed by atoms with van der Waals surface area (Å²) in [4.78, 5) is 0. The van der Waals surface area contributed by atoms with Gasteiger partial charge in [-0.2, -0.15) is 0 Å². The molecule has 0 amide bonds. The molecule has 0 bridgehead atoms. The van der Waals surface area contributed by atoms with Gasteiger partial charge in [0.15, 0.2) is 15.7 Å². The Hall–Kier alpha value is -1.86. The van der Waals surface area contributed by atoms with Crippen molar-refractivity contribution >= 4 is 27.0 Å². The lowest BCUT2D eigenvalue weighted by Crippen LogP contribution is -2.13. The number of rotatable bonds is 4. The highest BCUT2D eigenvalue weighted by atomic mass is 32.2. The predicted octanol–water partition coefficient (Wildman–Crippen LogP) is 1.82. The summed E-state index contributed by atoms with van der Waals surface area (Å²) < 4.78 is 24.6. The first-order valence-electron chi connectivity index (χ1n) is 5.36. The Bertz CT molecular complexity index is 692. The third-order valence-corrected chi connectivity index (χ3v) is 5.66. The number of nitrogens with two attached hydrogens (primary N) is 1. The van der Waals surface area contributed by atoms with Crippen LogP contribution >= 0.6 is 11.3 Å². The molecule has 19 heavy (non-hydrogen) atoms. The van der Waals surface area contributed by atoms with Gasteiger partial charge in [0.25, 0.3) is 0 Å². The van der Waals surface area contributed by atoms with Crippen LogP contribution in [0.15, 0.2) is 51.1 Å². The highest BCUT2D eigenvalue weighted by molar-refractivity contribution is 7.92. The van der Waals surface area contributed by atoms with Gasteiger partial charge in [-0.3, -0.25) is 0 Å². The largest absolute Gasteiger partial charge is 0.409 e. The number of oxime groups is 1. The SMILES string of the molecule is N/C(=N\O)c1cccc(CS(=O)(=O)c2cccs2)c1. The summed E-state index contributed by atoms with van der Waals surface area (Å²) in [6.45, 7) is 0. The molecule has 2 rings (SSSR count). The normalized spacial score (nSPS) is 12.5. The third kappa shape index (κ3) is 3.12. The second-order valence-corrected chi connectivity index (χ2v) is 7.04. The van der Waals surface area contributed by atoms with Crippen molar-refractivity contribution in [2.45, 2.75) is 9.96 Å². The third-order valence-electron chi connectivity index (χ3n) is 2.49. The van der Waals surface area contributed by atoms with E-state index in [1.807, 2.05) is 0 Å². The van der Waals surface area contributed by atoms with Crippen LogP contribution in [0.2, 0.25) is 0 Å². The lowest BCUT2D eigenvalue weighted by molar-refractivity contribution is 0.318. The first-order chi connectivity index (χ1) is 9.03. The molecule has 0 saturated heterocycles. The zero-order valence-corrected chi connectivity index (χ0v) is 11.5. The molecule has 1 aromatic carbocycles. The molecule has 5 nitrogen and oxygen atoms in total. The first kappa shape index (κ1) is 13.6. The van der Waals surface area contributed by atoms with Gasteiger partial charge in [-0.1, -0.05) is 29.4 Å². The fourth-order valence-corrected chi connectivity index (χ4v) is 4.03. The quantitative estimate of drug-likeness (QED) is 0.389. The van der Waals surface area contributed by atoms with E-state index in [-0.39, 0.29) is 11.6 Å². The Morgan fingerprint density at radius 2 is 2.11 bits per heavy atom. The second-order valence-electron chi connectivity index (χ2n) is 3.88. The minimum absolute atomic E-state index is 0.0460. The van der Waals surface area contributed by atoms with Crippen molar-refractivity contribution < 1.29 is 13.6 Å². The van der Waals surface area contributed by atoms with E-state index in [1.165, 1.54) is 11.3 Å². The Morgan fingerprint density at radius 1 is 1.32 bits per heavy atom. The predicted molar refractivity (Wildman–Crippen MR) is 74.2 cm³/mol. The molecule has 1 aromatic heterocycles. The average Bonchev–Trinajstić information content (AvgIpc) is 2.92. The summed E-state index contributed by atoms with van der Waals surface area (Å²) >= 11 is 1.19. The van der Waals surface area contributed by atoms with Crippen LogP contribution in [0.3, 0.4) is 0 Å². The fourth-order valence-electron chi connectivity index (χ4n) is 1.61. The molecule has 0 spiro atoms. The molecule has 2 aromatic rings. The van der Waals surface area contributed by atoms with Crippen LogP contribution < -0.4 is 5.73 Å². The van der Waals surface area contributed by atoms with Gasteiger partial charge in [0.05, 0.1) is 5.75 Å². The van der Waals surface area contributed by atoms with Crippen molar-refractivity contribution in [2.24, 2.45) is 10.9 Å². The van der Waals surface area contributed by atoms with Crippen LogP contribution in [0, 0.1) is 0 Å². The van der Waals surface area contributed by atoms with Gasteiger partial charge >= 0.3 is 0 Å². The Kier molecular flexibility index (Phi) is 3.87. The van der Waals surface area contributed by atoms with Crippen LogP contribution in [0.1, 0.15) is 11.1 Å². The molecule has 0 aliphatic carbocycles. The zero-order chi connectivity index (χ0) is 13.9. The summed E-state index contributed by atoms with van der Waals surface area (Å²) in [7, 11) is -3.34. The van der Waals surface area contributed by atoms with E-state index >= 15 is 0 Å². The molecular formula is C12H12N2O3S2. The monoisotopic (exact) mass is 296 g/mol. The minimum Gasteiger partial charge on any atom is -0.409 e. The van der Waals surface area contributed by atoms with Crippen molar-refractivity contribution in [3.63, 3.8) is 0 Å². The van der Waals surface area contributed by atoms with Gasteiger partial charge in [0.2, 0.25) is 0 Å². The summed E-state index contributed by atoms with van der Waals surface area (Å²) in [5.41, 5.74) is 6.56. The molecule has 0 aliphatic rings. The molecule has 0 atom stereocenters. The summed E-state index contributed by atoms with van der Waals surface area (Å²) in [6.07, 6.45) is 0. The fraction of sp³-hybridized carbons (Fsp3) is 0.0833. The standard InChI is InChI=1S/C12H12N2O3S2/c13-12(14-15)10-4-1-3-9(7-10)8-19(16,17)11-5-2-6-18-11/h1-7,15H,8H2,(H2,13,14). The molecule has 3 N–H and O–H groups in total. The van der Waals surface area contributed by atoms with Crippen molar-refractivity contribution in [3.05, 3.63) is 52.9 Å².